The number of anilines is 3. The number of aromatic nitrogens is 4. The number of benzene rings is 1. The molecule has 3 aromatic rings. The lowest BCUT2D eigenvalue weighted by Crippen LogP contribution is -2.41. The molecule has 0 bridgehead atoms. The second-order valence-electron chi connectivity index (χ2n) is 6.73. The molecule has 174 valence electrons. The smallest absolute Gasteiger partial charge is 0.326 e. The van der Waals surface area contributed by atoms with Crippen LogP contribution in [0.5, 0.6) is 0 Å². The highest BCUT2D eigenvalue weighted by atomic mass is 16.4. The van der Waals surface area contributed by atoms with Gasteiger partial charge in [0.15, 0.2) is 17.0 Å². The zero-order valence-electron chi connectivity index (χ0n) is 17.1. The quantitative estimate of drug-likeness (QED) is 0.235. The van der Waals surface area contributed by atoms with E-state index in [1.807, 2.05) is 0 Å². The van der Waals surface area contributed by atoms with E-state index in [-0.39, 0.29) is 41.3 Å². The number of nitrogens with zero attached hydrogens (tertiary/aromatic N) is 4. The van der Waals surface area contributed by atoms with E-state index >= 15 is 0 Å². The molecule has 0 saturated carbocycles. The Morgan fingerprint density at radius 1 is 1.03 bits per heavy atom. The number of nitrogens with two attached hydrogens (primary N) is 2. The fraction of sp³-hybridized carbons (Fsp3) is 0.211. The van der Waals surface area contributed by atoms with Gasteiger partial charge in [0.05, 0.1) is 18.4 Å². The summed E-state index contributed by atoms with van der Waals surface area (Å²) in [6, 6.07) is 4.99. The highest BCUT2D eigenvalue weighted by Crippen LogP contribution is 2.16. The zero-order valence-corrected chi connectivity index (χ0v) is 17.1. The van der Waals surface area contributed by atoms with Gasteiger partial charge >= 0.3 is 11.9 Å². The van der Waals surface area contributed by atoms with Crippen LogP contribution in [-0.2, 0) is 16.1 Å². The van der Waals surface area contributed by atoms with Gasteiger partial charge in [0.1, 0.15) is 6.04 Å². The van der Waals surface area contributed by atoms with Crippen LogP contribution in [0.25, 0.3) is 11.2 Å². The molecule has 0 unspecified atom stereocenters. The lowest BCUT2D eigenvalue weighted by atomic mass is 10.1. The Morgan fingerprint density at radius 3 is 2.36 bits per heavy atom. The molecule has 2 aromatic heterocycles. The number of aliphatic carboxylic acids is 2. The molecule has 3 rings (SSSR count). The topological polar surface area (TPSA) is 251 Å². The standard InChI is InChI=1S/C19H20N8O5.H2O/c20-15-14-16(27-19(21)26-15)23-8-11(24-14)7-22-10-3-1-9(2-4-10)17(30)25-12(18(31)32)5-6-13(28)29;/h1-4,8,12,22H,5-7H2,(H,25,30)(H,28,29)(H,31,32)(H4,20,21,23,26,27);1H2/t12-;/m0./s1. The average Bonchev–Trinajstić information content (AvgIpc) is 2.75. The molecule has 0 aliphatic rings. The minimum atomic E-state index is -1.30. The van der Waals surface area contributed by atoms with Crippen molar-refractivity contribution in [1.29, 1.82) is 0 Å². The second-order valence-corrected chi connectivity index (χ2v) is 6.73. The van der Waals surface area contributed by atoms with Gasteiger partial charge in [-0.15, -0.1) is 0 Å². The van der Waals surface area contributed by atoms with Crippen molar-refractivity contribution in [1.82, 2.24) is 25.3 Å². The van der Waals surface area contributed by atoms with Crippen LogP contribution < -0.4 is 22.1 Å². The number of rotatable bonds is 9. The van der Waals surface area contributed by atoms with Crippen molar-refractivity contribution in [3.05, 3.63) is 41.7 Å². The number of hydrogen-bond acceptors (Lipinski definition) is 10. The molecule has 0 radical (unpaired) electrons. The first kappa shape index (κ1) is 24.7. The van der Waals surface area contributed by atoms with Crippen molar-refractivity contribution < 1.29 is 30.1 Å². The summed E-state index contributed by atoms with van der Waals surface area (Å²) in [5.74, 6) is -2.93. The van der Waals surface area contributed by atoms with Gasteiger partial charge < -0.3 is 37.8 Å². The molecule has 2 heterocycles. The van der Waals surface area contributed by atoms with E-state index in [1.54, 1.807) is 12.1 Å². The second kappa shape index (κ2) is 10.6. The molecule has 1 aromatic carbocycles. The van der Waals surface area contributed by atoms with Crippen LogP contribution in [0.15, 0.2) is 30.5 Å². The number of carbonyl (C=O) groups excluding carboxylic acids is 1. The van der Waals surface area contributed by atoms with Crippen LogP contribution in [-0.4, -0.2) is 59.5 Å². The molecule has 0 saturated heterocycles. The molecule has 0 spiro atoms. The summed E-state index contributed by atoms with van der Waals surface area (Å²) in [4.78, 5) is 50.5. The number of nitrogen functional groups attached to an aromatic ring is 2. The maximum atomic E-state index is 12.3. The van der Waals surface area contributed by atoms with Gasteiger partial charge in [-0.05, 0) is 30.7 Å². The van der Waals surface area contributed by atoms with Crippen LogP contribution in [0.4, 0.5) is 17.5 Å². The number of carboxylic acid groups (broad SMARTS) is 2. The largest absolute Gasteiger partial charge is 0.481 e. The number of hydrogen-bond donors (Lipinski definition) is 6. The fourth-order valence-corrected chi connectivity index (χ4v) is 2.77. The lowest BCUT2D eigenvalue weighted by molar-refractivity contribution is -0.140. The average molecular weight is 458 g/mol. The van der Waals surface area contributed by atoms with E-state index < -0.39 is 23.9 Å². The molecule has 1 atom stereocenters. The zero-order chi connectivity index (χ0) is 23.3. The number of amides is 1. The first-order chi connectivity index (χ1) is 15.2. The highest BCUT2D eigenvalue weighted by Gasteiger charge is 2.21. The normalized spacial score (nSPS) is 11.3. The number of carbonyl (C=O) groups is 3. The minimum absolute atomic E-state index is 0. The Hall–Kier alpha value is -4.59. The van der Waals surface area contributed by atoms with Gasteiger partial charge in [-0.25, -0.2) is 14.8 Å². The van der Waals surface area contributed by atoms with Gasteiger partial charge in [-0.2, -0.15) is 9.97 Å². The van der Waals surface area contributed by atoms with Crippen LogP contribution in [0.2, 0.25) is 0 Å². The van der Waals surface area contributed by atoms with E-state index in [9.17, 15) is 14.4 Å². The summed E-state index contributed by atoms with van der Waals surface area (Å²) >= 11 is 0. The summed E-state index contributed by atoms with van der Waals surface area (Å²) in [6.45, 7) is 0.300. The molecule has 14 heteroatoms. The van der Waals surface area contributed by atoms with Crippen molar-refractivity contribution in [3.8, 4) is 0 Å². The van der Waals surface area contributed by atoms with E-state index in [2.05, 4.69) is 30.6 Å². The van der Waals surface area contributed by atoms with Crippen LogP contribution in [0, 0.1) is 0 Å². The van der Waals surface area contributed by atoms with E-state index in [1.165, 1.54) is 18.3 Å². The fourth-order valence-electron chi connectivity index (χ4n) is 2.77. The molecular formula is C19H22N8O6. The summed E-state index contributed by atoms with van der Waals surface area (Å²) in [5.41, 5.74) is 13.4. The summed E-state index contributed by atoms with van der Waals surface area (Å²) in [5, 5.41) is 23.3. The summed E-state index contributed by atoms with van der Waals surface area (Å²) < 4.78 is 0. The van der Waals surface area contributed by atoms with E-state index in [0.717, 1.165) is 0 Å². The van der Waals surface area contributed by atoms with Gasteiger partial charge in [0.2, 0.25) is 5.95 Å². The Kier molecular flexibility index (Phi) is 7.95. The third-order valence-electron chi connectivity index (χ3n) is 4.37. The Bertz CT molecular complexity index is 1170. The Morgan fingerprint density at radius 2 is 1.73 bits per heavy atom. The van der Waals surface area contributed by atoms with Crippen molar-refractivity contribution in [2.24, 2.45) is 0 Å². The lowest BCUT2D eigenvalue weighted by Gasteiger charge is -2.14. The third-order valence-corrected chi connectivity index (χ3v) is 4.37. The van der Waals surface area contributed by atoms with Gasteiger partial charge in [-0.1, -0.05) is 0 Å². The van der Waals surface area contributed by atoms with Crippen LogP contribution in [0.3, 0.4) is 0 Å². The van der Waals surface area contributed by atoms with Crippen molar-refractivity contribution in [2.45, 2.75) is 25.4 Å². The number of carboxylic acids is 2. The van der Waals surface area contributed by atoms with Gasteiger partial charge in [0, 0.05) is 17.7 Å². The maximum Gasteiger partial charge on any atom is 0.326 e. The molecule has 0 aliphatic carbocycles. The van der Waals surface area contributed by atoms with Gasteiger partial charge in [-0.3, -0.25) is 9.59 Å². The summed E-state index contributed by atoms with van der Waals surface area (Å²) in [7, 11) is 0. The SMILES string of the molecule is Nc1nc(N)c2nc(CNc3ccc(C(=O)N[C@@H](CCC(=O)O)C(=O)O)cc3)cnc2n1.O. The molecule has 0 aliphatic heterocycles. The van der Waals surface area contributed by atoms with E-state index in [4.69, 9.17) is 21.7 Å². The number of nitrogens with one attached hydrogen (secondary N) is 2. The van der Waals surface area contributed by atoms with E-state index in [0.29, 0.717) is 23.4 Å². The molecular weight excluding hydrogens is 436 g/mol. The minimum Gasteiger partial charge on any atom is -0.481 e. The molecule has 10 N–H and O–H groups in total. The predicted molar refractivity (Wildman–Crippen MR) is 117 cm³/mol. The molecule has 0 fully saturated rings. The summed E-state index contributed by atoms with van der Waals surface area (Å²) in [6.07, 6.45) is 0.931. The highest BCUT2D eigenvalue weighted by molar-refractivity contribution is 5.97. The molecule has 14 nitrogen and oxygen atoms in total. The number of fused-ring (bicyclic) bond motifs is 1. The predicted octanol–water partition coefficient (Wildman–Crippen LogP) is -0.581. The van der Waals surface area contributed by atoms with Crippen molar-refractivity contribution in [2.75, 3.05) is 16.8 Å². The van der Waals surface area contributed by atoms with Gasteiger partial charge in [0.25, 0.3) is 5.91 Å². The Labute approximate surface area is 186 Å². The third kappa shape index (κ3) is 6.44. The van der Waals surface area contributed by atoms with Crippen LogP contribution >= 0.6 is 0 Å². The van der Waals surface area contributed by atoms with Crippen molar-refractivity contribution in [3.63, 3.8) is 0 Å². The monoisotopic (exact) mass is 458 g/mol. The van der Waals surface area contributed by atoms with Crippen molar-refractivity contribution >= 4 is 46.5 Å². The molecule has 1 amide bonds. The molecule has 33 heavy (non-hydrogen) atoms. The first-order valence-electron chi connectivity index (χ1n) is 9.37. The first-order valence-corrected chi connectivity index (χ1v) is 9.37. The maximum absolute atomic E-state index is 12.3. The van der Waals surface area contributed by atoms with Crippen LogP contribution in [0.1, 0.15) is 28.9 Å². The Balaban J connectivity index is 0.00000385.